The number of rotatable bonds is 0. The van der Waals surface area contributed by atoms with Crippen molar-refractivity contribution >= 4 is 43.5 Å². The van der Waals surface area contributed by atoms with Crippen molar-refractivity contribution in [1.82, 2.24) is 9.97 Å². The maximum absolute atomic E-state index is 12.2. The normalized spacial score (nSPS) is 11.8. The van der Waals surface area contributed by atoms with Crippen LogP contribution in [0.1, 0.15) is 0 Å². The first-order chi connectivity index (χ1) is 10.8. The summed E-state index contributed by atoms with van der Waals surface area (Å²) in [5.74, 6) is 0. The van der Waals surface area contributed by atoms with Gasteiger partial charge in [0.1, 0.15) is 0 Å². The smallest absolute Gasteiger partial charge is 0.256 e. The molecule has 3 nitrogen and oxygen atoms in total. The van der Waals surface area contributed by atoms with Crippen LogP contribution in [0.2, 0.25) is 0 Å². The summed E-state index contributed by atoms with van der Waals surface area (Å²) in [5.41, 5.74) is 2.97. The highest BCUT2D eigenvalue weighted by Crippen LogP contribution is 2.30. The van der Waals surface area contributed by atoms with Gasteiger partial charge in [-0.15, -0.1) is 0 Å². The molecule has 0 aliphatic heterocycles. The van der Waals surface area contributed by atoms with E-state index in [4.69, 9.17) is 0 Å². The van der Waals surface area contributed by atoms with Gasteiger partial charge in [-0.3, -0.25) is 4.79 Å². The second kappa shape index (κ2) is 3.98. The fraction of sp³-hybridized carbons (Fsp3) is 0. The Labute approximate surface area is 125 Å². The van der Waals surface area contributed by atoms with Gasteiger partial charge < -0.3 is 9.97 Å². The van der Waals surface area contributed by atoms with Gasteiger partial charge in [-0.1, -0.05) is 36.4 Å². The number of aromatic amines is 2. The third kappa shape index (κ3) is 1.42. The lowest BCUT2D eigenvalue weighted by molar-refractivity contribution is 1.35. The minimum atomic E-state index is -0.0430. The van der Waals surface area contributed by atoms with E-state index in [1.165, 1.54) is 10.8 Å². The van der Waals surface area contributed by atoms with Gasteiger partial charge in [0.15, 0.2) is 0 Å². The van der Waals surface area contributed by atoms with Gasteiger partial charge >= 0.3 is 0 Å². The Hall–Kier alpha value is -3.07. The predicted octanol–water partition coefficient (Wildman–Crippen LogP) is 4.32. The van der Waals surface area contributed by atoms with E-state index in [1.54, 1.807) is 0 Å². The molecule has 0 saturated carbocycles. The highest BCUT2D eigenvalue weighted by molar-refractivity contribution is 6.16. The molecule has 5 aromatic rings. The van der Waals surface area contributed by atoms with Crippen molar-refractivity contribution in [2.24, 2.45) is 0 Å². The summed E-state index contributed by atoms with van der Waals surface area (Å²) in [6.07, 6.45) is 0. The molecule has 0 aliphatic rings. The summed E-state index contributed by atoms with van der Waals surface area (Å²) >= 11 is 0. The van der Waals surface area contributed by atoms with Crippen LogP contribution in [0.4, 0.5) is 0 Å². The van der Waals surface area contributed by atoms with Gasteiger partial charge in [-0.2, -0.15) is 0 Å². The van der Waals surface area contributed by atoms with E-state index in [2.05, 4.69) is 28.2 Å². The van der Waals surface area contributed by atoms with Gasteiger partial charge in [0.05, 0.1) is 5.52 Å². The van der Waals surface area contributed by atoms with E-state index in [1.807, 2.05) is 42.5 Å². The third-order valence-electron chi connectivity index (χ3n) is 4.35. The monoisotopic (exact) mass is 284 g/mol. The maximum Gasteiger partial charge on any atom is 0.256 e. The Bertz CT molecular complexity index is 1240. The van der Waals surface area contributed by atoms with E-state index < -0.39 is 0 Å². The number of para-hydroxylation sites is 1. The minimum Gasteiger partial charge on any atom is -0.354 e. The zero-order valence-electron chi connectivity index (χ0n) is 11.7. The molecule has 5 rings (SSSR count). The Morgan fingerprint density at radius 3 is 2.05 bits per heavy atom. The second-order valence-electron chi connectivity index (χ2n) is 5.61. The van der Waals surface area contributed by atoms with Crippen LogP contribution in [0, 0.1) is 0 Å². The molecule has 22 heavy (non-hydrogen) atoms. The van der Waals surface area contributed by atoms with Crippen LogP contribution in [0.5, 0.6) is 0 Å². The number of benzene rings is 3. The van der Waals surface area contributed by atoms with Gasteiger partial charge in [0.2, 0.25) is 0 Å². The van der Waals surface area contributed by atoms with E-state index in [9.17, 15) is 4.79 Å². The van der Waals surface area contributed by atoms with Crippen molar-refractivity contribution in [1.29, 1.82) is 0 Å². The summed E-state index contributed by atoms with van der Waals surface area (Å²) in [7, 11) is 0. The fourth-order valence-corrected chi connectivity index (χ4v) is 3.33. The van der Waals surface area contributed by atoms with Crippen LogP contribution in [0.3, 0.4) is 0 Å². The molecule has 0 fully saturated rings. The average Bonchev–Trinajstić information content (AvgIpc) is 2.91. The first kappa shape index (κ1) is 11.6. The molecule has 2 N–H and O–H groups in total. The lowest BCUT2D eigenvalue weighted by Crippen LogP contribution is -2.05. The first-order valence-corrected chi connectivity index (χ1v) is 7.26. The van der Waals surface area contributed by atoms with Crippen LogP contribution in [-0.2, 0) is 0 Å². The summed E-state index contributed by atoms with van der Waals surface area (Å²) in [5, 5.41) is 5.19. The van der Waals surface area contributed by atoms with Gasteiger partial charge in [-0.05, 0) is 29.7 Å². The van der Waals surface area contributed by atoms with Crippen molar-refractivity contribution in [2.45, 2.75) is 0 Å². The molecule has 3 aromatic carbocycles. The van der Waals surface area contributed by atoms with Gasteiger partial charge in [0, 0.05) is 32.6 Å². The van der Waals surface area contributed by atoms with Crippen molar-refractivity contribution in [3.63, 3.8) is 0 Å². The minimum absolute atomic E-state index is 0.0430. The Balaban J connectivity index is 2.09. The Morgan fingerprint density at radius 2 is 1.18 bits per heavy atom. The number of fused-ring (bicyclic) bond motifs is 6. The summed E-state index contributed by atoms with van der Waals surface area (Å²) < 4.78 is 0. The molecule has 0 unspecified atom stereocenters. The summed E-state index contributed by atoms with van der Waals surface area (Å²) in [4.78, 5) is 18.6. The average molecular weight is 284 g/mol. The molecule has 0 radical (unpaired) electrons. The van der Waals surface area contributed by atoms with Crippen molar-refractivity contribution in [3.8, 4) is 0 Å². The fourth-order valence-electron chi connectivity index (χ4n) is 3.33. The van der Waals surface area contributed by atoms with Crippen LogP contribution in [0.25, 0.3) is 43.5 Å². The van der Waals surface area contributed by atoms with E-state index in [-0.39, 0.29) is 5.56 Å². The number of hydrogen-bond donors (Lipinski definition) is 2. The summed E-state index contributed by atoms with van der Waals surface area (Å²) in [6, 6.07) is 20.2. The lowest BCUT2D eigenvalue weighted by atomic mass is 10.0. The van der Waals surface area contributed by atoms with Crippen LogP contribution in [-0.4, -0.2) is 9.97 Å². The number of H-pyrrole nitrogens is 2. The van der Waals surface area contributed by atoms with E-state index in [0.717, 1.165) is 32.7 Å². The SMILES string of the molecule is O=c1[nH]c2cc3[nH]c4ccccc4c3cc2c2ccccc12. The molecule has 104 valence electrons. The number of pyridine rings is 1. The largest absolute Gasteiger partial charge is 0.354 e. The number of nitrogens with one attached hydrogen (secondary N) is 2. The van der Waals surface area contributed by atoms with Crippen LogP contribution >= 0.6 is 0 Å². The quantitative estimate of drug-likeness (QED) is 0.409. The van der Waals surface area contributed by atoms with Gasteiger partial charge in [0.25, 0.3) is 5.56 Å². The second-order valence-corrected chi connectivity index (χ2v) is 5.61. The molecular formula is C19H12N2O. The van der Waals surface area contributed by atoms with Crippen LogP contribution < -0.4 is 5.56 Å². The zero-order chi connectivity index (χ0) is 14.7. The molecule has 0 saturated heterocycles. The number of hydrogen-bond acceptors (Lipinski definition) is 1. The lowest BCUT2D eigenvalue weighted by Gasteiger charge is -2.04. The van der Waals surface area contributed by atoms with E-state index >= 15 is 0 Å². The predicted molar refractivity (Wildman–Crippen MR) is 91.4 cm³/mol. The third-order valence-corrected chi connectivity index (χ3v) is 4.35. The molecule has 0 bridgehead atoms. The Morgan fingerprint density at radius 1 is 0.545 bits per heavy atom. The number of aromatic nitrogens is 2. The maximum atomic E-state index is 12.2. The Kier molecular flexibility index (Phi) is 2.09. The molecule has 0 aliphatic carbocycles. The molecule has 0 spiro atoms. The molecule has 0 atom stereocenters. The molecule has 2 heterocycles. The molecule has 0 amide bonds. The standard InChI is InChI=1S/C19H12N2O/c22-19-13-7-2-1-5-11(13)14-9-15-12-6-3-4-8-16(12)20-17(15)10-18(14)21-19/h1-10,20H,(H,21,22). The van der Waals surface area contributed by atoms with E-state index in [0.29, 0.717) is 0 Å². The van der Waals surface area contributed by atoms with Crippen molar-refractivity contribution in [3.05, 3.63) is 71.0 Å². The zero-order valence-corrected chi connectivity index (χ0v) is 11.7. The van der Waals surface area contributed by atoms with Gasteiger partial charge in [-0.25, -0.2) is 0 Å². The van der Waals surface area contributed by atoms with Crippen molar-refractivity contribution < 1.29 is 0 Å². The first-order valence-electron chi connectivity index (χ1n) is 7.26. The highest BCUT2D eigenvalue weighted by Gasteiger charge is 2.09. The van der Waals surface area contributed by atoms with Crippen LogP contribution in [0.15, 0.2) is 65.5 Å². The topological polar surface area (TPSA) is 48.6 Å². The molecule has 3 heteroatoms. The molecular weight excluding hydrogens is 272 g/mol. The molecule has 2 aromatic heterocycles. The highest BCUT2D eigenvalue weighted by atomic mass is 16.1. The summed E-state index contributed by atoms with van der Waals surface area (Å²) in [6.45, 7) is 0. The van der Waals surface area contributed by atoms with Crippen molar-refractivity contribution in [2.75, 3.05) is 0 Å².